The van der Waals surface area contributed by atoms with Crippen LogP contribution in [0.15, 0.2) is 35.4 Å². The van der Waals surface area contributed by atoms with Crippen LogP contribution in [0.25, 0.3) is 0 Å². The Morgan fingerprint density at radius 1 is 1.35 bits per heavy atom. The van der Waals surface area contributed by atoms with E-state index in [4.69, 9.17) is 10.9 Å². The highest BCUT2D eigenvalue weighted by Gasteiger charge is 2.19. The maximum Gasteiger partial charge on any atom is 0.276 e. The Hall–Kier alpha value is -2.39. The molecule has 1 heterocycles. The summed E-state index contributed by atoms with van der Waals surface area (Å²) in [6.45, 7) is 0. The summed E-state index contributed by atoms with van der Waals surface area (Å²) in [7, 11) is -2.38. The Morgan fingerprint density at radius 2 is 2.00 bits per heavy atom. The first-order valence-corrected chi connectivity index (χ1v) is 7.06. The van der Waals surface area contributed by atoms with Gasteiger partial charge in [-0.2, -0.15) is 5.10 Å². The monoisotopic (exact) mass is 295 g/mol. The van der Waals surface area contributed by atoms with Gasteiger partial charge in [0.25, 0.3) is 5.91 Å². The molecular formula is C11H13N5O3S. The molecule has 9 heteroatoms. The Labute approximate surface area is 115 Å². The van der Waals surface area contributed by atoms with Gasteiger partial charge in [-0.05, 0) is 12.1 Å². The van der Waals surface area contributed by atoms with Crippen LogP contribution in [0.4, 0.5) is 11.4 Å². The number of hydrogen-bond donors (Lipinski definition) is 3. The molecule has 0 atom stereocenters. The Balaban J connectivity index is 2.39. The zero-order valence-corrected chi connectivity index (χ0v) is 11.4. The van der Waals surface area contributed by atoms with Gasteiger partial charge in [0, 0.05) is 7.05 Å². The third kappa shape index (κ3) is 2.63. The molecule has 0 radical (unpaired) electrons. The molecule has 0 bridgehead atoms. The molecule has 1 aromatic carbocycles. The minimum Gasteiger partial charge on any atom is -0.396 e. The van der Waals surface area contributed by atoms with Gasteiger partial charge < -0.3 is 11.1 Å². The van der Waals surface area contributed by atoms with Crippen molar-refractivity contribution in [3.8, 4) is 0 Å². The number of anilines is 2. The Kier molecular flexibility index (Phi) is 3.47. The number of amides is 1. The first-order valence-electron chi connectivity index (χ1n) is 5.51. The second-order valence-electron chi connectivity index (χ2n) is 4.07. The highest BCUT2D eigenvalue weighted by atomic mass is 32.2. The minimum atomic E-state index is -3.94. The van der Waals surface area contributed by atoms with Gasteiger partial charge in [-0.3, -0.25) is 9.48 Å². The summed E-state index contributed by atoms with van der Waals surface area (Å²) in [6.07, 6.45) is 1.33. The molecule has 20 heavy (non-hydrogen) atoms. The number of carbonyl (C=O) groups is 1. The van der Waals surface area contributed by atoms with Crippen LogP contribution in [0.5, 0.6) is 0 Å². The fraction of sp³-hybridized carbons (Fsp3) is 0.0909. The number of para-hydroxylation sites is 1. The minimum absolute atomic E-state index is 0.0839. The summed E-state index contributed by atoms with van der Waals surface area (Å²) in [5.41, 5.74) is 6.04. The van der Waals surface area contributed by atoms with Gasteiger partial charge in [-0.15, -0.1) is 0 Å². The molecule has 0 aliphatic carbocycles. The molecule has 0 saturated carbocycles. The second kappa shape index (κ2) is 4.94. The number of nitrogen functional groups attached to an aromatic ring is 1. The van der Waals surface area contributed by atoms with Gasteiger partial charge in [0.05, 0.1) is 17.6 Å². The number of carbonyl (C=O) groups excluding carboxylic acids is 1. The van der Waals surface area contributed by atoms with E-state index in [-0.39, 0.29) is 22.0 Å². The van der Waals surface area contributed by atoms with Crippen LogP contribution < -0.4 is 16.2 Å². The van der Waals surface area contributed by atoms with E-state index in [9.17, 15) is 13.2 Å². The lowest BCUT2D eigenvalue weighted by Gasteiger charge is -2.10. The molecule has 5 N–H and O–H groups in total. The first kappa shape index (κ1) is 14.0. The van der Waals surface area contributed by atoms with Gasteiger partial charge in [0.1, 0.15) is 10.6 Å². The van der Waals surface area contributed by atoms with Crippen LogP contribution in [0.2, 0.25) is 0 Å². The smallest absolute Gasteiger partial charge is 0.276 e. The van der Waals surface area contributed by atoms with Crippen molar-refractivity contribution in [3.63, 3.8) is 0 Å². The Bertz CT molecular complexity index is 747. The van der Waals surface area contributed by atoms with Crippen LogP contribution in [0.3, 0.4) is 0 Å². The summed E-state index contributed by atoms with van der Waals surface area (Å²) in [5.74, 6) is -0.571. The molecular weight excluding hydrogens is 282 g/mol. The zero-order valence-electron chi connectivity index (χ0n) is 10.6. The van der Waals surface area contributed by atoms with Crippen LogP contribution in [-0.4, -0.2) is 24.1 Å². The predicted octanol–water partition coefficient (Wildman–Crippen LogP) is -0.0980. The fourth-order valence-corrected chi connectivity index (χ4v) is 2.43. The number of rotatable bonds is 3. The fourth-order valence-electron chi connectivity index (χ4n) is 1.73. The maximum absolute atomic E-state index is 12.1. The van der Waals surface area contributed by atoms with E-state index >= 15 is 0 Å². The molecule has 0 aliphatic rings. The van der Waals surface area contributed by atoms with E-state index < -0.39 is 15.9 Å². The van der Waals surface area contributed by atoms with Crippen molar-refractivity contribution in [1.82, 2.24) is 9.78 Å². The highest BCUT2D eigenvalue weighted by molar-refractivity contribution is 7.89. The summed E-state index contributed by atoms with van der Waals surface area (Å²) in [5, 5.41) is 11.4. The van der Waals surface area contributed by atoms with Gasteiger partial charge in [0.2, 0.25) is 10.0 Å². The number of sulfonamides is 1. The number of benzene rings is 1. The summed E-state index contributed by atoms with van der Waals surface area (Å²) < 4.78 is 24.2. The number of aryl methyl sites for hydroxylation is 1. The SMILES string of the molecule is Cn1ncc(N)c1C(=O)Nc1ccccc1S(N)(=O)=O. The lowest BCUT2D eigenvalue weighted by Crippen LogP contribution is -2.21. The standard InChI is InChI=1S/C11H13N5O3S/c1-16-10(7(12)6-14-16)11(17)15-8-4-2-3-5-9(8)20(13,18)19/h2-6H,12H2,1H3,(H,15,17)(H2,13,18,19). The lowest BCUT2D eigenvalue weighted by molar-refractivity contribution is 0.101. The maximum atomic E-state index is 12.1. The van der Waals surface area contributed by atoms with Crippen molar-refractivity contribution in [2.75, 3.05) is 11.1 Å². The van der Waals surface area contributed by atoms with E-state index in [1.807, 2.05) is 0 Å². The van der Waals surface area contributed by atoms with E-state index in [0.29, 0.717) is 0 Å². The molecule has 1 amide bonds. The molecule has 0 spiro atoms. The normalized spacial score (nSPS) is 11.3. The van der Waals surface area contributed by atoms with Crippen LogP contribution in [-0.2, 0) is 17.1 Å². The second-order valence-corrected chi connectivity index (χ2v) is 5.60. The predicted molar refractivity (Wildman–Crippen MR) is 73.4 cm³/mol. The van der Waals surface area contributed by atoms with Crippen molar-refractivity contribution in [2.45, 2.75) is 4.90 Å². The number of aromatic nitrogens is 2. The highest BCUT2D eigenvalue weighted by Crippen LogP contribution is 2.21. The first-order chi connectivity index (χ1) is 9.30. The van der Waals surface area contributed by atoms with Crippen LogP contribution >= 0.6 is 0 Å². The quantitative estimate of drug-likeness (QED) is 0.727. The Morgan fingerprint density at radius 3 is 2.55 bits per heavy atom. The number of primary sulfonamides is 1. The van der Waals surface area contributed by atoms with Crippen molar-refractivity contribution in [1.29, 1.82) is 0 Å². The van der Waals surface area contributed by atoms with Crippen molar-refractivity contribution in [2.24, 2.45) is 12.2 Å². The van der Waals surface area contributed by atoms with Gasteiger partial charge in [-0.25, -0.2) is 13.6 Å². The molecule has 0 aliphatic heterocycles. The van der Waals surface area contributed by atoms with E-state index in [1.54, 1.807) is 13.1 Å². The molecule has 0 unspecified atom stereocenters. The summed E-state index contributed by atoms with van der Waals surface area (Å²) in [4.78, 5) is 11.9. The van der Waals surface area contributed by atoms with Gasteiger partial charge >= 0.3 is 0 Å². The largest absolute Gasteiger partial charge is 0.396 e. The number of nitrogens with zero attached hydrogens (tertiary/aromatic N) is 2. The van der Waals surface area contributed by atoms with E-state index in [0.717, 1.165) is 0 Å². The van der Waals surface area contributed by atoms with E-state index in [2.05, 4.69) is 10.4 Å². The molecule has 0 saturated heterocycles. The number of nitrogens with one attached hydrogen (secondary N) is 1. The van der Waals surface area contributed by atoms with Crippen LogP contribution in [0.1, 0.15) is 10.5 Å². The van der Waals surface area contributed by atoms with Gasteiger partial charge in [-0.1, -0.05) is 12.1 Å². The summed E-state index contributed by atoms with van der Waals surface area (Å²) >= 11 is 0. The van der Waals surface area contributed by atoms with Crippen molar-refractivity contribution in [3.05, 3.63) is 36.2 Å². The average Bonchev–Trinajstić information content (AvgIpc) is 2.68. The van der Waals surface area contributed by atoms with Crippen LogP contribution in [0, 0.1) is 0 Å². The van der Waals surface area contributed by atoms with Crippen molar-refractivity contribution >= 4 is 27.3 Å². The molecule has 1 aromatic heterocycles. The third-order valence-corrected chi connectivity index (χ3v) is 3.59. The van der Waals surface area contributed by atoms with E-state index in [1.165, 1.54) is 29.1 Å². The van der Waals surface area contributed by atoms with Gasteiger partial charge in [0.15, 0.2) is 0 Å². The number of nitrogens with two attached hydrogens (primary N) is 2. The molecule has 2 aromatic rings. The van der Waals surface area contributed by atoms with Crippen molar-refractivity contribution < 1.29 is 13.2 Å². The average molecular weight is 295 g/mol. The summed E-state index contributed by atoms with van der Waals surface area (Å²) in [6, 6.07) is 5.83. The third-order valence-electron chi connectivity index (χ3n) is 2.62. The number of hydrogen-bond acceptors (Lipinski definition) is 5. The molecule has 106 valence electrons. The molecule has 0 fully saturated rings. The lowest BCUT2D eigenvalue weighted by atomic mass is 10.3. The zero-order chi connectivity index (χ0) is 14.9. The molecule has 8 nitrogen and oxygen atoms in total. The topological polar surface area (TPSA) is 133 Å². The molecule has 2 rings (SSSR count).